The van der Waals surface area contributed by atoms with Crippen molar-refractivity contribution in [3.8, 4) is 0 Å². The number of hydrogen-bond donors (Lipinski definition) is 0. The molecule has 0 heterocycles. The standard InChI is InChI=1S/C8H16O.Co/c1-2-3-4-5-6-7-8-9;/h8H,2-7H2,1H3;. The van der Waals surface area contributed by atoms with Crippen LogP contribution in [-0.2, 0) is 21.6 Å². The maximum absolute atomic E-state index is 9.84. The van der Waals surface area contributed by atoms with Gasteiger partial charge in [0.25, 0.3) is 0 Å². The topological polar surface area (TPSA) is 17.1 Å². The van der Waals surface area contributed by atoms with Gasteiger partial charge in [-0.3, -0.25) is 0 Å². The monoisotopic (exact) mass is 187 g/mol. The van der Waals surface area contributed by atoms with Crippen LogP contribution in [0.2, 0.25) is 0 Å². The summed E-state index contributed by atoms with van der Waals surface area (Å²) in [5.74, 6) is 0. The molecule has 0 N–H and O–H groups in total. The smallest absolute Gasteiger partial charge is 0.119 e. The Morgan fingerprint density at radius 3 is 2.20 bits per heavy atom. The molecule has 0 amide bonds. The van der Waals surface area contributed by atoms with Crippen LogP contribution in [0.25, 0.3) is 0 Å². The van der Waals surface area contributed by atoms with Gasteiger partial charge in [0.2, 0.25) is 0 Å². The molecule has 0 atom stereocenters. The van der Waals surface area contributed by atoms with E-state index in [1.165, 1.54) is 25.7 Å². The first kappa shape index (κ1) is 12.8. The van der Waals surface area contributed by atoms with Gasteiger partial charge in [-0.15, -0.1) is 0 Å². The zero-order valence-corrected chi connectivity index (χ0v) is 7.60. The van der Waals surface area contributed by atoms with Crippen molar-refractivity contribution in [2.75, 3.05) is 0 Å². The molecule has 0 aliphatic rings. The predicted molar refractivity (Wildman–Crippen MR) is 39.4 cm³/mol. The van der Waals surface area contributed by atoms with Crippen molar-refractivity contribution in [3.05, 3.63) is 0 Å². The zero-order valence-electron chi connectivity index (χ0n) is 6.56. The van der Waals surface area contributed by atoms with Crippen LogP contribution in [0.3, 0.4) is 0 Å². The van der Waals surface area contributed by atoms with Gasteiger partial charge in [-0.05, 0) is 6.42 Å². The first-order valence-corrected chi connectivity index (χ1v) is 3.85. The first-order chi connectivity index (χ1) is 4.41. The summed E-state index contributed by atoms with van der Waals surface area (Å²) in [6, 6.07) is 0. The van der Waals surface area contributed by atoms with Crippen LogP contribution >= 0.6 is 0 Å². The van der Waals surface area contributed by atoms with Crippen LogP contribution in [0.5, 0.6) is 0 Å². The van der Waals surface area contributed by atoms with Crippen LogP contribution in [0.15, 0.2) is 0 Å². The number of rotatable bonds is 6. The van der Waals surface area contributed by atoms with Crippen molar-refractivity contribution in [1.29, 1.82) is 0 Å². The van der Waals surface area contributed by atoms with E-state index in [0.29, 0.717) is 0 Å². The molecule has 0 fully saturated rings. The van der Waals surface area contributed by atoms with Gasteiger partial charge in [-0.2, -0.15) is 0 Å². The number of carbonyl (C=O) groups is 1. The molecule has 10 heavy (non-hydrogen) atoms. The van der Waals surface area contributed by atoms with Crippen molar-refractivity contribution in [2.24, 2.45) is 0 Å². The van der Waals surface area contributed by atoms with E-state index in [2.05, 4.69) is 6.92 Å². The van der Waals surface area contributed by atoms with Crippen molar-refractivity contribution in [1.82, 2.24) is 0 Å². The minimum absolute atomic E-state index is 0. The maximum atomic E-state index is 9.84. The van der Waals surface area contributed by atoms with Gasteiger partial charge in [-0.25, -0.2) is 0 Å². The van der Waals surface area contributed by atoms with E-state index in [4.69, 9.17) is 0 Å². The van der Waals surface area contributed by atoms with Gasteiger partial charge in [-0.1, -0.05) is 32.6 Å². The molecule has 0 rings (SSSR count). The molecule has 2 heteroatoms. The maximum Gasteiger partial charge on any atom is 0.119 e. The quantitative estimate of drug-likeness (QED) is 0.461. The molecular weight excluding hydrogens is 171 g/mol. The average molecular weight is 187 g/mol. The van der Waals surface area contributed by atoms with Crippen LogP contribution in [0.4, 0.5) is 0 Å². The molecule has 0 saturated heterocycles. The molecule has 0 spiro atoms. The third-order valence-electron chi connectivity index (χ3n) is 1.43. The van der Waals surface area contributed by atoms with Crippen molar-refractivity contribution in [3.63, 3.8) is 0 Å². The van der Waals surface area contributed by atoms with Crippen LogP contribution in [0, 0.1) is 0 Å². The fourth-order valence-electron chi connectivity index (χ4n) is 0.831. The van der Waals surface area contributed by atoms with E-state index in [0.717, 1.165) is 19.1 Å². The number of hydrogen-bond acceptors (Lipinski definition) is 1. The van der Waals surface area contributed by atoms with E-state index in [1.54, 1.807) is 0 Å². The molecule has 0 unspecified atom stereocenters. The second kappa shape index (κ2) is 11.9. The molecule has 0 saturated carbocycles. The predicted octanol–water partition coefficient (Wildman–Crippen LogP) is 2.54. The van der Waals surface area contributed by atoms with E-state index in [9.17, 15) is 4.79 Å². The summed E-state index contributed by atoms with van der Waals surface area (Å²) in [6.07, 6.45) is 7.97. The molecule has 0 aromatic carbocycles. The van der Waals surface area contributed by atoms with Crippen LogP contribution in [0.1, 0.15) is 45.4 Å². The third-order valence-corrected chi connectivity index (χ3v) is 1.43. The fourth-order valence-corrected chi connectivity index (χ4v) is 0.831. The normalized spacial score (nSPS) is 8.50. The van der Waals surface area contributed by atoms with Gasteiger partial charge in [0.1, 0.15) is 6.29 Å². The van der Waals surface area contributed by atoms with Gasteiger partial charge >= 0.3 is 0 Å². The molecule has 63 valence electrons. The minimum Gasteiger partial charge on any atom is -0.303 e. The van der Waals surface area contributed by atoms with E-state index < -0.39 is 0 Å². The van der Waals surface area contributed by atoms with Gasteiger partial charge in [0, 0.05) is 23.2 Å². The summed E-state index contributed by atoms with van der Waals surface area (Å²) in [7, 11) is 0. The second-order valence-electron chi connectivity index (χ2n) is 2.37. The molecule has 0 aliphatic carbocycles. The minimum atomic E-state index is 0. The SMILES string of the molecule is CCCCCCCC=O.[Co]. The molecular formula is C8H16CoO. The van der Waals surface area contributed by atoms with E-state index in [-0.39, 0.29) is 16.8 Å². The van der Waals surface area contributed by atoms with Gasteiger partial charge in [0.15, 0.2) is 0 Å². The molecule has 0 aliphatic heterocycles. The molecule has 0 bridgehead atoms. The Kier molecular flexibility index (Phi) is 15.3. The fraction of sp³-hybridized carbons (Fsp3) is 0.875. The van der Waals surface area contributed by atoms with Gasteiger partial charge in [0.05, 0.1) is 0 Å². The van der Waals surface area contributed by atoms with E-state index in [1.807, 2.05) is 0 Å². The van der Waals surface area contributed by atoms with Crippen molar-refractivity contribution in [2.45, 2.75) is 45.4 Å². The van der Waals surface area contributed by atoms with E-state index >= 15 is 0 Å². The average Bonchev–Trinajstić information content (AvgIpc) is 1.89. The van der Waals surface area contributed by atoms with Crippen molar-refractivity contribution >= 4 is 6.29 Å². The molecule has 1 radical (unpaired) electrons. The Morgan fingerprint density at radius 1 is 1.10 bits per heavy atom. The summed E-state index contributed by atoms with van der Waals surface area (Å²) in [5.41, 5.74) is 0. The first-order valence-electron chi connectivity index (χ1n) is 3.85. The molecule has 1 nitrogen and oxygen atoms in total. The Balaban J connectivity index is 0. The van der Waals surface area contributed by atoms with Crippen molar-refractivity contribution < 1.29 is 21.6 Å². The second-order valence-corrected chi connectivity index (χ2v) is 2.37. The number of carbonyl (C=O) groups excluding carboxylic acids is 1. The zero-order chi connectivity index (χ0) is 6.95. The Labute approximate surface area is 73.8 Å². The number of aldehydes is 1. The Hall–Kier alpha value is 0.176. The van der Waals surface area contributed by atoms with Crippen LogP contribution < -0.4 is 0 Å². The Morgan fingerprint density at radius 2 is 1.70 bits per heavy atom. The molecule has 0 aromatic heterocycles. The third kappa shape index (κ3) is 11.0. The summed E-state index contributed by atoms with van der Waals surface area (Å²) in [5, 5.41) is 0. The van der Waals surface area contributed by atoms with Crippen LogP contribution in [-0.4, -0.2) is 6.29 Å². The van der Waals surface area contributed by atoms with Gasteiger partial charge < -0.3 is 4.79 Å². The number of unbranched alkanes of at least 4 members (excludes halogenated alkanes) is 5. The summed E-state index contributed by atoms with van der Waals surface area (Å²) < 4.78 is 0. The summed E-state index contributed by atoms with van der Waals surface area (Å²) in [6.45, 7) is 2.19. The Bertz CT molecular complexity index is 64.3. The molecule has 0 aromatic rings. The largest absolute Gasteiger partial charge is 0.303 e. The summed E-state index contributed by atoms with van der Waals surface area (Å²) in [4.78, 5) is 9.84. The summed E-state index contributed by atoms with van der Waals surface area (Å²) >= 11 is 0.